The number of aliphatic hydroxyl groups excluding tert-OH is 1. The number of likely N-dealkylation sites (tertiary alicyclic amines) is 1. The summed E-state index contributed by atoms with van der Waals surface area (Å²) < 4.78 is 11.1. The lowest BCUT2D eigenvalue weighted by Crippen LogP contribution is -2.31. The molecular weight excluding hydrogens is 496 g/mol. The SMILES string of the molecule is CCOc1ccc(C(O)=C2C(=O)C(=O)N(CCc3c[nH]c4ccccc34)[C@H]2c2ccc(O)c(OCC)c2)cc1. The fourth-order valence-corrected chi connectivity index (χ4v) is 5.04. The highest BCUT2D eigenvalue weighted by Crippen LogP contribution is 2.42. The van der Waals surface area contributed by atoms with Gasteiger partial charge in [0.2, 0.25) is 0 Å². The first-order chi connectivity index (χ1) is 18.9. The number of carbonyl (C=O) groups excluding carboxylic acids is 2. The number of ether oxygens (including phenoxy) is 2. The number of hydrogen-bond donors (Lipinski definition) is 3. The standard InChI is InChI=1S/C31H30N2O6/c1-3-38-22-12-9-19(10-13-22)29(35)27-28(20-11-14-25(34)26(17-20)39-4-2)33(31(37)30(27)36)16-15-21-18-32-24-8-6-5-7-23(21)24/h5-14,17-18,28,32,34-35H,3-4,15-16H2,1-2H3/t28-/m0/s1. The molecule has 0 bridgehead atoms. The number of aromatic nitrogens is 1. The van der Waals surface area contributed by atoms with E-state index in [1.807, 2.05) is 37.4 Å². The van der Waals surface area contributed by atoms with Crippen molar-refractivity contribution in [2.75, 3.05) is 19.8 Å². The molecule has 1 aromatic heterocycles. The third-order valence-corrected chi connectivity index (χ3v) is 6.88. The maximum Gasteiger partial charge on any atom is 0.295 e. The smallest absolute Gasteiger partial charge is 0.295 e. The average Bonchev–Trinajstić information content (AvgIpc) is 3.47. The van der Waals surface area contributed by atoms with Crippen molar-refractivity contribution in [3.63, 3.8) is 0 Å². The van der Waals surface area contributed by atoms with Gasteiger partial charge >= 0.3 is 0 Å². The molecule has 0 unspecified atom stereocenters. The predicted octanol–water partition coefficient (Wildman–Crippen LogP) is 5.34. The zero-order valence-electron chi connectivity index (χ0n) is 21.8. The first kappa shape index (κ1) is 25.9. The Morgan fingerprint density at radius 2 is 1.72 bits per heavy atom. The number of aliphatic hydroxyl groups is 1. The lowest BCUT2D eigenvalue weighted by atomic mass is 9.94. The second-order valence-electron chi connectivity index (χ2n) is 9.22. The Hall–Kier alpha value is -4.72. The number of aromatic hydroxyl groups is 1. The van der Waals surface area contributed by atoms with Crippen LogP contribution < -0.4 is 9.47 Å². The molecular formula is C31H30N2O6. The van der Waals surface area contributed by atoms with Gasteiger partial charge in [-0.2, -0.15) is 0 Å². The maximum atomic E-state index is 13.4. The minimum Gasteiger partial charge on any atom is -0.507 e. The van der Waals surface area contributed by atoms with Gasteiger partial charge in [-0.05, 0) is 73.9 Å². The molecule has 4 aromatic rings. The van der Waals surface area contributed by atoms with Gasteiger partial charge in [0, 0.05) is 29.2 Å². The van der Waals surface area contributed by atoms with E-state index in [9.17, 15) is 19.8 Å². The van der Waals surface area contributed by atoms with E-state index in [0.717, 1.165) is 16.5 Å². The van der Waals surface area contributed by atoms with Crippen LogP contribution in [0.15, 0.2) is 78.5 Å². The number of hydrogen-bond acceptors (Lipinski definition) is 6. The first-order valence-electron chi connectivity index (χ1n) is 12.9. The molecule has 3 aromatic carbocycles. The van der Waals surface area contributed by atoms with Gasteiger partial charge in [0.1, 0.15) is 11.5 Å². The van der Waals surface area contributed by atoms with E-state index in [-0.39, 0.29) is 29.4 Å². The van der Waals surface area contributed by atoms with E-state index < -0.39 is 17.7 Å². The summed E-state index contributed by atoms with van der Waals surface area (Å²) in [5.74, 6) is -0.928. The van der Waals surface area contributed by atoms with Crippen LogP contribution in [0.1, 0.15) is 36.6 Å². The van der Waals surface area contributed by atoms with Crippen molar-refractivity contribution < 1.29 is 29.3 Å². The zero-order chi connectivity index (χ0) is 27.5. The molecule has 200 valence electrons. The van der Waals surface area contributed by atoms with Gasteiger partial charge in [-0.25, -0.2) is 0 Å². The summed E-state index contributed by atoms with van der Waals surface area (Å²) >= 11 is 0. The van der Waals surface area contributed by atoms with Crippen LogP contribution in [0.5, 0.6) is 17.2 Å². The number of benzene rings is 3. The minimum absolute atomic E-state index is 0.0174. The molecule has 1 atom stereocenters. The Kier molecular flexibility index (Phi) is 7.27. The number of amides is 1. The van der Waals surface area contributed by atoms with E-state index in [1.54, 1.807) is 43.3 Å². The third-order valence-electron chi connectivity index (χ3n) is 6.88. The van der Waals surface area contributed by atoms with E-state index in [2.05, 4.69) is 4.98 Å². The molecule has 1 fully saturated rings. The number of phenols is 1. The van der Waals surface area contributed by atoms with Crippen LogP contribution in [0, 0.1) is 0 Å². The van der Waals surface area contributed by atoms with Crippen molar-refractivity contribution in [3.8, 4) is 17.2 Å². The van der Waals surface area contributed by atoms with Crippen molar-refractivity contribution in [2.24, 2.45) is 0 Å². The van der Waals surface area contributed by atoms with Crippen molar-refractivity contribution >= 4 is 28.4 Å². The number of ketones is 1. The summed E-state index contributed by atoms with van der Waals surface area (Å²) in [6.45, 7) is 4.73. The van der Waals surface area contributed by atoms with Gasteiger partial charge in [-0.3, -0.25) is 9.59 Å². The van der Waals surface area contributed by atoms with Gasteiger partial charge < -0.3 is 29.6 Å². The Labute approximate surface area is 226 Å². The first-order valence-corrected chi connectivity index (χ1v) is 12.9. The van der Waals surface area contributed by atoms with Crippen molar-refractivity contribution in [2.45, 2.75) is 26.3 Å². The van der Waals surface area contributed by atoms with Gasteiger partial charge in [0.25, 0.3) is 11.7 Å². The van der Waals surface area contributed by atoms with Crippen LogP contribution in [0.3, 0.4) is 0 Å². The largest absolute Gasteiger partial charge is 0.507 e. The molecule has 0 spiro atoms. The highest BCUT2D eigenvalue weighted by Gasteiger charge is 2.46. The molecule has 5 rings (SSSR count). The number of rotatable bonds is 9. The van der Waals surface area contributed by atoms with Gasteiger partial charge in [0.15, 0.2) is 11.5 Å². The van der Waals surface area contributed by atoms with Gasteiger partial charge in [-0.1, -0.05) is 24.3 Å². The fourth-order valence-electron chi connectivity index (χ4n) is 5.04. The second-order valence-corrected chi connectivity index (χ2v) is 9.22. The molecule has 0 saturated carbocycles. The topological polar surface area (TPSA) is 112 Å². The molecule has 39 heavy (non-hydrogen) atoms. The molecule has 1 amide bonds. The number of aromatic amines is 1. The Morgan fingerprint density at radius 1 is 0.974 bits per heavy atom. The normalized spacial score (nSPS) is 16.7. The number of Topliss-reactive ketones (excluding diaryl/α,β-unsaturated/α-hetero) is 1. The minimum atomic E-state index is -0.874. The van der Waals surface area contributed by atoms with Crippen molar-refractivity contribution in [1.29, 1.82) is 0 Å². The second kappa shape index (κ2) is 10.9. The van der Waals surface area contributed by atoms with Crippen LogP contribution in [-0.4, -0.2) is 51.5 Å². The Bertz CT molecular complexity index is 1550. The molecule has 2 heterocycles. The van der Waals surface area contributed by atoms with Crippen molar-refractivity contribution in [1.82, 2.24) is 9.88 Å². The third kappa shape index (κ3) is 4.93. The lowest BCUT2D eigenvalue weighted by Gasteiger charge is -2.26. The summed E-state index contributed by atoms with van der Waals surface area (Å²) in [6.07, 6.45) is 2.40. The monoisotopic (exact) mass is 526 g/mol. The quantitative estimate of drug-likeness (QED) is 0.154. The number of nitrogens with one attached hydrogen (secondary N) is 1. The van der Waals surface area contributed by atoms with Crippen LogP contribution >= 0.6 is 0 Å². The summed E-state index contributed by atoms with van der Waals surface area (Å²) in [4.78, 5) is 31.5. The fraction of sp³-hybridized carbons (Fsp3) is 0.226. The molecule has 3 N–H and O–H groups in total. The molecule has 0 aliphatic carbocycles. The Balaban J connectivity index is 1.57. The average molecular weight is 527 g/mol. The van der Waals surface area contributed by atoms with Crippen LogP contribution in [0.4, 0.5) is 0 Å². The molecule has 8 nitrogen and oxygen atoms in total. The predicted molar refractivity (Wildman–Crippen MR) is 148 cm³/mol. The maximum absolute atomic E-state index is 13.4. The molecule has 0 radical (unpaired) electrons. The highest BCUT2D eigenvalue weighted by atomic mass is 16.5. The molecule has 1 aliphatic heterocycles. The van der Waals surface area contributed by atoms with Gasteiger partial charge in [-0.15, -0.1) is 0 Å². The van der Waals surface area contributed by atoms with E-state index in [4.69, 9.17) is 9.47 Å². The van der Waals surface area contributed by atoms with E-state index in [1.165, 1.54) is 11.0 Å². The number of phenolic OH excluding ortho intramolecular Hbond substituents is 1. The molecule has 8 heteroatoms. The van der Waals surface area contributed by atoms with Gasteiger partial charge in [0.05, 0.1) is 24.8 Å². The number of nitrogens with zero attached hydrogens (tertiary/aromatic N) is 1. The number of para-hydroxylation sites is 1. The van der Waals surface area contributed by atoms with E-state index >= 15 is 0 Å². The summed E-state index contributed by atoms with van der Waals surface area (Å²) in [5.41, 5.74) is 2.92. The number of H-pyrrole nitrogens is 1. The Morgan fingerprint density at radius 3 is 2.46 bits per heavy atom. The molecule has 1 aliphatic rings. The van der Waals surface area contributed by atoms with E-state index in [0.29, 0.717) is 36.5 Å². The highest BCUT2D eigenvalue weighted by molar-refractivity contribution is 6.46. The van der Waals surface area contributed by atoms with Crippen LogP contribution in [0.2, 0.25) is 0 Å². The van der Waals surface area contributed by atoms with Crippen molar-refractivity contribution in [3.05, 3.63) is 95.2 Å². The lowest BCUT2D eigenvalue weighted by molar-refractivity contribution is -0.139. The zero-order valence-corrected chi connectivity index (χ0v) is 21.8. The molecule has 1 saturated heterocycles. The summed E-state index contributed by atoms with van der Waals surface area (Å²) in [7, 11) is 0. The summed E-state index contributed by atoms with van der Waals surface area (Å²) in [5, 5.41) is 22.7. The number of fused-ring (bicyclic) bond motifs is 1. The van der Waals surface area contributed by atoms with Crippen LogP contribution in [0.25, 0.3) is 16.7 Å². The van der Waals surface area contributed by atoms with Crippen LogP contribution in [-0.2, 0) is 16.0 Å². The summed E-state index contributed by atoms with van der Waals surface area (Å²) in [6, 6.07) is 18.4. The number of carbonyl (C=O) groups is 2.